The maximum atomic E-state index is 12.8. The Morgan fingerprint density at radius 1 is 1.11 bits per heavy atom. The zero-order valence-corrected chi connectivity index (χ0v) is 15.3. The van der Waals surface area contributed by atoms with Crippen LogP contribution in [-0.4, -0.2) is 30.0 Å². The topological polar surface area (TPSA) is 71.2 Å². The molecule has 0 fully saturated rings. The van der Waals surface area contributed by atoms with Crippen LogP contribution in [0.25, 0.3) is 10.9 Å². The van der Waals surface area contributed by atoms with Crippen LogP contribution in [0.2, 0.25) is 0 Å². The predicted octanol–water partition coefficient (Wildman–Crippen LogP) is 3.44. The molecule has 3 aromatic rings. The number of H-pyrrole nitrogens is 1. The number of carbonyl (C=O) groups excluding carboxylic acids is 2. The van der Waals surface area contributed by atoms with E-state index < -0.39 is 5.97 Å². The number of carbonyl (C=O) groups is 2. The first-order valence-corrected chi connectivity index (χ1v) is 8.70. The van der Waals surface area contributed by atoms with Gasteiger partial charge in [0.25, 0.3) is 5.91 Å². The van der Waals surface area contributed by atoms with Gasteiger partial charge < -0.3 is 15.0 Å². The molecule has 0 saturated heterocycles. The summed E-state index contributed by atoms with van der Waals surface area (Å²) in [5.41, 5.74) is 4.26. The highest BCUT2D eigenvalue weighted by atomic mass is 19.1. The average molecular weight is 368 g/mol. The van der Waals surface area contributed by atoms with Crippen molar-refractivity contribution in [1.29, 1.82) is 0 Å². The Morgan fingerprint density at radius 3 is 2.59 bits per heavy atom. The van der Waals surface area contributed by atoms with Crippen LogP contribution in [0.3, 0.4) is 0 Å². The first-order chi connectivity index (χ1) is 12.9. The normalized spacial score (nSPS) is 10.8. The van der Waals surface area contributed by atoms with Gasteiger partial charge in [0, 0.05) is 17.4 Å². The molecule has 0 spiro atoms. The minimum absolute atomic E-state index is 0.294. The Kier molecular flexibility index (Phi) is 5.54. The molecule has 2 aromatic carbocycles. The summed E-state index contributed by atoms with van der Waals surface area (Å²) in [6, 6.07) is 11.8. The summed E-state index contributed by atoms with van der Waals surface area (Å²) in [5.74, 6) is -1.25. The molecule has 0 aliphatic heterocycles. The van der Waals surface area contributed by atoms with Crippen molar-refractivity contribution in [3.63, 3.8) is 0 Å². The maximum Gasteiger partial charge on any atom is 0.355 e. The lowest BCUT2D eigenvalue weighted by Gasteiger charge is -2.06. The van der Waals surface area contributed by atoms with Gasteiger partial charge in [0.1, 0.15) is 11.5 Å². The fourth-order valence-electron chi connectivity index (χ4n) is 2.97. The van der Waals surface area contributed by atoms with Crippen molar-refractivity contribution in [3.05, 3.63) is 70.7 Å². The molecule has 27 heavy (non-hydrogen) atoms. The van der Waals surface area contributed by atoms with Gasteiger partial charge in [0.15, 0.2) is 6.61 Å². The van der Waals surface area contributed by atoms with E-state index in [0.717, 1.165) is 27.6 Å². The lowest BCUT2D eigenvalue weighted by Crippen LogP contribution is -2.30. The van der Waals surface area contributed by atoms with Gasteiger partial charge >= 0.3 is 5.97 Å². The zero-order chi connectivity index (χ0) is 19.4. The summed E-state index contributed by atoms with van der Waals surface area (Å²) in [5, 5.41) is 3.63. The number of halogens is 1. The van der Waals surface area contributed by atoms with Crippen molar-refractivity contribution < 1.29 is 18.7 Å². The number of amides is 1. The van der Waals surface area contributed by atoms with E-state index in [2.05, 4.69) is 10.3 Å². The standard InChI is InChI=1S/C21H21FN2O3/c1-13-9-14(2)17-11-19(24-18(17)10-13)21(26)27-12-20(25)23-8-7-15-3-5-16(22)6-4-15/h3-6,9-11,24H,7-8,12H2,1-2H3,(H,23,25). The molecular formula is C21H21FN2O3. The van der Waals surface area contributed by atoms with Crippen molar-refractivity contribution in [3.8, 4) is 0 Å². The molecule has 2 N–H and O–H groups in total. The molecular weight excluding hydrogens is 347 g/mol. The molecule has 0 radical (unpaired) electrons. The highest BCUT2D eigenvalue weighted by Gasteiger charge is 2.14. The van der Waals surface area contributed by atoms with Crippen molar-refractivity contribution in [1.82, 2.24) is 10.3 Å². The number of nitrogens with one attached hydrogen (secondary N) is 2. The number of aromatic nitrogens is 1. The van der Waals surface area contributed by atoms with E-state index in [0.29, 0.717) is 18.7 Å². The number of esters is 1. The van der Waals surface area contributed by atoms with Gasteiger partial charge in [-0.15, -0.1) is 0 Å². The van der Waals surface area contributed by atoms with Crippen LogP contribution in [0, 0.1) is 19.7 Å². The number of benzene rings is 2. The van der Waals surface area contributed by atoms with Gasteiger partial charge in [-0.1, -0.05) is 18.2 Å². The number of hydrogen-bond acceptors (Lipinski definition) is 3. The van der Waals surface area contributed by atoms with E-state index >= 15 is 0 Å². The van der Waals surface area contributed by atoms with Crippen molar-refractivity contribution in [2.24, 2.45) is 0 Å². The van der Waals surface area contributed by atoms with Crippen molar-refractivity contribution >= 4 is 22.8 Å². The van der Waals surface area contributed by atoms with Gasteiger partial charge in [-0.05, 0) is 61.2 Å². The third-order valence-corrected chi connectivity index (χ3v) is 4.29. The molecule has 0 unspecified atom stereocenters. The monoisotopic (exact) mass is 368 g/mol. The summed E-state index contributed by atoms with van der Waals surface area (Å²) in [4.78, 5) is 27.0. The van der Waals surface area contributed by atoms with Crippen LogP contribution in [0.1, 0.15) is 27.2 Å². The summed E-state index contributed by atoms with van der Waals surface area (Å²) in [7, 11) is 0. The predicted molar refractivity (Wildman–Crippen MR) is 101 cm³/mol. The number of rotatable bonds is 6. The van der Waals surface area contributed by atoms with Crippen LogP contribution in [0.4, 0.5) is 4.39 Å². The summed E-state index contributed by atoms with van der Waals surface area (Å²) in [6.45, 7) is 4.00. The second-order valence-electron chi connectivity index (χ2n) is 6.53. The highest BCUT2D eigenvalue weighted by Crippen LogP contribution is 2.21. The van der Waals surface area contributed by atoms with Crippen LogP contribution >= 0.6 is 0 Å². The lowest BCUT2D eigenvalue weighted by molar-refractivity contribution is -0.124. The van der Waals surface area contributed by atoms with Crippen LogP contribution in [-0.2, 0) is 16.0 Å². The fourth-order valence-corrected chi connectivity index (χ4v) is 2.97. The van der Waals surface area contributed by atoms with E-state index in [-0.39, 0.29) is 18.3 Å². The fraction of sp³-hybridized carbons (Fsp3) is 0.238. The highest BCUT2D eigenvalue weighted by molar-refractivity contribution is 5.96. The summed E-state index contributed by atoms with van der Waals surface area (Å²) >= 11 is 0. The molecule has 1 amide bonds. The number of fused-ring (bicyclic) bond motifs is 1. The summed E-state index contributed by atoms with van der Waals surface area (Å²) < 4.78 is 17.9. The average Bonchev–Trinajstić information content (AvgIpc) is 3.06. The molecule has 0 atom stereocenters. The number of ether oxygens (including phenoxy) is 1. The van der Waals surface area contributed by atoms with Gasteiger partial charge in [0.2, 0.25) is 0 Å². The maximum absolute atomic E-state index is 12.8. The second kappa shape index (κ2) is 8.03. The van der Waals surface area contributed by atoms with Gasteiger partial charge in [-0.25, -0.2) is 9.18 Å². The second-order valence-corrected chi connectivity index (χ2v) is 6.53. The molecule has 3 rings (SSSR count). The van der Waals surface area contributed by atoms with Crippen LogP contribution < -0.4 is 5.32 Å². The number of aromatic amines is 1. The van der Waals surface area contributed by atoms with Gasteiger partial charge in [-0.3, -0.25) is 4.79 Å². The molecule has 5 nitrogen and oxygen atoms in total. The molecule has 140 valence electrons. The largest absolute Gasteiger partial charge is 0.451 e. The van der Waals surface area contributed by atoms with Crippen LogP contribution in [0.15, 0.2) is 42.5 Å². The third-order valence-electron chi connectivity index (χ3n) is 4.29. The Balaban J connectivity index is 1.49. The molecule has 0 aliphatic carbocycles. The first-order valence-electron chi connectivity index (χ1n) is 8.70. The molecule has 6 heteroatoms. The SMILES string of the molecule is Cc1cc(C)c2cc(C(=O)OCC(=O)NCCc3ccc(F)cc3)[nH]c2c1. The van der Waals surface area contributed by atoms with Crippen molar-refractivity contribution in [2.45, 2.75) is 20.3 Å². The van der Waals surface area contributed by atoms with E-state index in [1.807, 2.05) is 26.0 Å². The van der Waals surface area contributed by atoms with E-state index in [4.69, 9.17) is 4.74 Å². The van der Waals surface area contributed by atoms with Gasteiger partial charge in [-0.2, -0.15) is 0 Å². The van der Waals surface area contributed by atoms with E-state index in [9.17, 15) is 14.0 Å². The third kappa shape index (κ3) is 4.73. The quantitative estimate of drug-likeness (QED) is 0.655. The molecule has 1 aromatic heterocycles. The molecule has 0 aliphatic rings. The molecule has 1 heterocycles. The number of aryl methyl sites for hydroxylation is 2. The smallest absolute Gasteiger partial charge is 0.355 e. The Labute approximate surface area is 156 Å². The lowest BCUT2D eigenvalue weighted by atomic mass is 10.1. The van der Waals surface area contributed by atoms with Crippen LogP contribution in [0.5, 0.6) is 0 Å². The Bertz CT molecular complexity index is 977. The van der Waals surface area contributed by atoms with E-state index in [1.54, 1.807) is 18.2 Å². The molecule has 0 bridgehead atoms. The van der Waals surface area contributed by atoms with Gasteiger partial charge in [0.05, 0.1) is 0 Å². The first kappa shape index (κ1) is 18.6. The number of hydrogen-bond donors (Lipinski definition) is 2. The Morgan fingerprint density at radius 2 is 1.85 bits per heavy atom. The Hall–Kier alpha value is -3.15. The minimum atomic E-state index is -0.572. The van der Waals surface area contributed by atoms with E-state index in [1.165, 1.54) is 12.1 Å². The zero-order valence-electron chi connectivity index (χ0n) is 15.3. The van der Waals surface area contributed by atoms with Crippen molar-refractivity contribution in [2.75, 3.05) is 13.2 Å². The molecule has 0 saturated carbocycles. The summed E-state index contributed by atoms with van der Waals surface area (Å²) in [6.07, 6.45) is 0.570. The minimum Gasteiger partial charge on any atom is -0.451 e.